The molecule has 0 saturated carbocycles. The lowest BCUT2D eigenvalue weighted by Gasteiger charge is -2.40. The number of amides is 1. The van der Waals surface area contributed by atoms with Crippen molar-refractivity contribution in [3.05, 3.63) is 0 Å². The van der Waals surface area contributed by atoms with Gasteiger partial charge in [-0.25, -0.2) is 0 Å². The number of carbonyl (C=O) groups excluding carboxylic acids is 2. The summed E-state index contributed by atoms with van der Waals surface area (Å²) in [6.45, 7) is 4.67. The van der Waals surface area contributed by atoms with Crippen molar-refractivity contribution in [3.63, 3.8) is 0 Å². The lowest BCUT2D eigenvalue weighted by atomic mass is 9.97. The van der Waals surface area contributed by atoms with Gasteiger partial charge in [-0.2, -0.15) is 0 Å². The summed E-state index contributed by atoms with van der Waals surface area (Å²) in [5, 5.41) is 9.77. The standard InChI is InChI=1S/C15H26N2O4/c1-10-5-4-6-11(2)17(10)14(19)9-16-8-12(18)7-13(16)15(20)21-3/h10-13,18H,4-9H2,1-3H3/t10?,11?,12-,13+/m1/s1. The first-order valence-corrected chi connectivity index (χ1v) is 7.75. The number of rotatable bonds is 3. The molecule has 0 bridgehead atoms. The van der Waals surface area contributed by atoms with E-state index in [0.29, 0.717) is 13.0 Å². The van der Waals surface area contributed by atoms with Gasteiger partial charge in [0.2, 0.25) is 5.91 Å². The van der Waals surface area contributed by atoms with Gasteiger partial charge in [-0.3, -0.25) is 14.5 Å². The van der Waals surface area contributed by atoms with E-state index >= 15 is 0 Å². The third-order valence-electron chi connectivity index (χ3n) is 4.67. The molecule has 21 heavy (non-hydrogen) atoms. The van der Waals surface area contributed by atoms with Crippen molar-refractivity contribution in [3.8, 4) is 0 Å². The number of aliphatic hydroxyl groups excluding tert-OH is 1. The number of piperidine rings is 1. The maximum atomic E-state index is 12.6. The minimum Gasteiger partial charge on any atom is -0.468 e. The Kier molecular flexibility index (Phi) is 5.22. The molecular formula is C15H26N2O4. The quantitative estimate of drug-likeness (QED) is 0.763. The lowest BCUT2D eigenvalue weighted by molar-refractivity contribution is -0.147. The van der Waals surface area contributed by atoms with E-state index in [4.69, 9.17) is 4.74 Å². The Bertz CT molecular complexity index is 391. The molecule has 2 aliphatic heterocycles. The van der Waals surface area contributed by atoms with Crippen molar-refractivity contribution in [2.75, 3.05) is 20.2 Å². The van der Waals surface area contributed by atoms with Gasteiger partial charge in [-0.15, -0.1) is 0 Å². The molecule has 2 aliphatic rings. The second kappa shape index (κ2) is 6.75. The van der Waals surface area contributed by atoms with Crippen LogP contribution in [0, 0.1) is 0 Å². The summed E-state index contributed by atoms with van der Waals surface area (Å²) in [4.78, 5) is 28.0. The SMILES string of the molecule is COC(=O)[C@@H]1C[C@@H](O)CN1CC(=O)N1C(C)CCCC1C. The van der Waals surface area contributed by atoms with Gasteiger partial charge in [0.15, 0.2) is 0 Å². The average Bonchev–Trinajstić information content (AvgIpc) is 2.78. The Morgan fingerprint density at radius 1 is 1.24 bits per heavy atom. The van der Waals surface area contributed by atoms with Crippen molar-refractivity contribution >= 4 is 11.9 Å². The van der Waals surface area contributed by atoms with Gasteiger partial charge in [-0.1, -0.05) is 0 Å². The maximum absolute atomic E-state index is 12.6. The van der Waals surface area contributed by atoms with Crippen LogP contribution in [0.4, 0.5) is 0 Å². The number of hydrogen-bond donors (Lipinski definition) is 1. The Labute approximate surface area is 126 Å². The average molecular weight is 298 g/mol. The molecule has 4 atom stereocenters. The number of ether oxygens (including phenoxy) is 1. The van der Waals surface area contributed by atoms with Crippen LogP contribution in [0.25, 0.3) is 0 Å². The topological polar surface area (TPSA) is 70.1 Å². The van der Waals surface area contributed by atoms with Crippen LogP contribution in [0.2, 0.25) is 0 Å². The van der Waals surface area contributed by atoms with E-state index in [-0.39, 0.29) is 30.5 Å². The largest absolute Gasteiger partial charge is 0.468 e. The molecule has 2 heterocycles. The molecule has 0 aliphatic carbocycles. The van der Waals surface area contributed by atoms with Crippen LogP contribution in [0.5, 0.6) is 0 Å². The predicted molar refractivity (Wildman–Crippen MR) is 77.6 cm³/mol. The van der Waals surface area contributed by atoms with Crippen molar-refractivity contribution in [2.24, 2.45) is 0 Å². The summed E-state index contributed by atoms with van der Waals surface area (Å²) < 4.78 is 4.77. The highest BCUT2D eigenvalue weighted by Gasteiger charge is 2.39. The highest BCUT2D eigenvalue weighted by atomic mass is 16.5. The van der Waals surface area contributed by atoms with E-state index in [1.54, 1.807) is 4.90 Å². The number of likely N-dealkylation sites (tertiary alicyclic amines) is 2. The zero-order valence-corrected chi connectivity index (χ0v) is 13.1. The van der Waals surface area contributed by atoms with Gasteiger partial charge in [0.25, 0.3) is 0 Å². The number of carbonyl (C=O) groups is 2. The van der Waals surface area contributed by atoms with Crippen LogP contribution in [-0.2, 0) is 14.3 Å². The molecular weight excluding hydrogens is 272 g/mol. The third-order valence-corrected chi connectivity index (χ3v) is 4.67. The molecule has 0 radical (unpaired) electrons. The fraction of sp³-hybridized carbons (Fsp3) is 0.867. The first-order valence-electron chi connectivity index (χ1n) is 7.75. The third kappa shape index (κ3) is 3.55. The zero-order valence-electron chi connectivity index (χ0n) is 13.1. The highest BCUT2D eigenvalue weighted by molar-refractivity contribution is 5.81. The molecule has 0 aromatic carbocycles. The lowest BCUT2D eigenvalue weighted by Crippen LogP contribution is -2.52. The maximum Gasteiger partial charge on any atom is 0.323 e. The molecule has 2 rings (SSSR count). The van der Waals surface area contributed by atoms with Crippen LogP contribution in [0.15, 0.2) is 0 Å². The number of β-amino-alcohol motifs (C(OH)–C–C–N with tert-alkyl or cyclic N) is 1. The molecule has 0 spiro atoms. The summed E-state index contributed by atoms with van der Waals surface area (Å²) in [5.74, 6) is -0.336. The molecule has 2 unspecified atom stereocenters. The van der Waals surface area contributed by atoms with Crippen LogP contribution >= 0.6 is 0 Å². The van der Waals surface area contributed by atoms with E-state index in [9.17, 15) is 14.7 Å². The smallest absolute Gasteiger partial charge is 0.323 e. The summed E-state index contributed by atoms with van der Waals surface area (Å²) >= 11 is 0. The molecule has 2 fully saturated rings. The molecule has 0 aromatic rings. The van der Waals surface area contributed by atoms with E-state index in [1.807, 2.05) is 4.90 Å². The molecule has 1 N–H and O–H groups in total. The van der Waals surface area contributed by atoms with Crippen LogP contribution in [0.3, 0.4) is 0 Å². The Morgan fingerprint density at radius 2 is 1.86 bits per heavy atom. The number of esters is 1. The van der Waals surface area contributed by atoms with E-state index in [2.05, 4.69) is 13.8 Å². The van der Waals surface area contributed by atoms with Crippen molar-refractivity contribution in [1.29, 1.82) is 0 Å². The molecule has 2 saturated heterocycles. The van der Waals surface area contributed by atoms with Gasteiger partial charge in [0, 0.05) is 25.0 Å². The van der Waals surface area contributed by atoms with Crippen molar-refractivity contribution in [1.82, 2.24) is 9.80 Å². The Morgan fingerprint density at radius 3 is 2.43 bits per heavy atom. The Balaban J connectivity index is 2.02. The highest BCUT2D eigenvalue weighted by Crippen LogP contribution is 2.24. The van der Waals surface area contributed by atoms with Crippen molar-refractivity contribution in [2.45, 2.75) is 63.8 Å². The number of nitrogens with zero attached hydrogens (tertiary/aromatic N) is 2. The van der Waals surface area contributed by atoms with Gasteiger partial charge in [0.05, 0.1) is 19.8 Å². The first kappa shape index (κ1) is 16.2. The molecule has 6 heteroatoms. The minimum atomic E-state index is -0.571. The zero-order chi connectivity index (χ0) is 15.6. The van der Waals surface area contributed by atoms with Gasteiger partial charge in [0.1, 0.15) is 6.04 Å². The first-order chi connectivity index (χ1) is 9.93. The predicted octanol–water partition coefficient (Wildman–Crippen LogP) is 0.384. The summed E-state index contributed by atoms with van der Waals surface area (Å²) in [6, 6.07) is -0.0277. The van der Waals surface area contributed by atoms with Gasteiger partial charge >= 0.3 is 5.97 Å². The van der Waals surface area contributed by atoms with Crippen LogP contribution in [0.1, 0.15) is 39.5 Å². The fourth-order valence-corrected chi connectivity index (χ4v) is 3.60. The molecule has 6 nitrogen and oxygen atoms in total. The van der Waals surface area contributed by atoms with Crippen LogP contribution in [-0.4, -0.2) is 71.2 Å². The fourth-order valence-electron chi connectivity index (χ4n) is 3.60. The van der Waals surface area contributed by atoms with Gasteiger partial charge < -0.3 is 14.7 Å². The molecule has 1 amide bonds. The van der Waals surface area contributed by atoms with Crippen LogP contribution < -0.4 is 0 Å². The van der Waals surface area contributed by atoms with E-state index < -0.39 is 12.1 Å². The summed E-state index contributed by atoms with van der Waals surface area (Å²) in [6.07, 6.45) is 2.97. The normalized spacial score (nSPS) is 34.0. The summed E-state index contributed by atoms with van der Waals surface area (Å²) in [7, 11) is 1.34. The van der Waals surface area contributed by atoms with Crippen molar-refractivity contribution < 1.29 is 19.4 Å². The number of methoxy groups -OCH3 is 1. The summed E-state index contributed by atoms with van der Waals surface area (Å²) in [5.41, 5.74) is 0. The monoisotopic (exact) mass is 298 g/mol. The number of aliphatic hydroxyl groups is 1. The van der Waals surface area contributed by atoms with E-state index in [1.165, 1.54) is 7.11 Å². The van der Waals surface area contributed by atoms with Gasteiger partial charge in [-0.05, 0) is 33.1 Å². The molecule has 0 aromatic heterocycles. The Hall–Kier alpha value is -1.14. The van der Waals surface area contributed by atoms with E-state index in [0.717, 1.165) is 19.3 Å². The molecule has 120 valence electrons. The second-order valence-electron chi connectivity index (χ2n) is 6.29. The minimum absolute atomic E-state index is 0.0395. The second-order valence-corrected chi connectivity index (χ2v) is 6.29. The number of hydrogen-bond acceptors (Lipinski definition) is 5.